The van der Waals surface area contributed by atoms with Crippen LogP contribution in [0, 0.1) is 5.92 Å². The van der Waals surface area contributed by atoms with E-state index in [0.29, 0.717) is 6.42 Å². The predicted octanol–water partition coefficient (Wildman–Crippen LogP) is 3.46. The third-order valence-corrected chi connectivity index (χ3v) is 4.92. The standard InChI is InChI=1S/C15H17ClF3N3O2/c1-24-13(23)6-8-4-9-2-3-10(5-8)22(9)12-7-11(15(17,18)19)20-14(16)21-12/h7-10H,2-6H2,1H3. The highest BCUT2D eigenvalue weighted by molar-refractivity contribution is 6.28. The zero-order valence-electron chi connectivity index (χ0n) is 13.0. The van der Waals surface area contributed by atoms with E-state index in [-0.39, 0.29) is 29.8 Å². The van der Waals surface area contributed by atoms with Crippen LogP contribution in [0.1, 0.15) is 37.8 Å². The molecule has 0 aliphatic carbocycles. The first kappa shape index (κ1) is 17.3. The zero-order valence-corrected chi connectivity index (χ0v) is 13.8. The zero-order chi connectivity index (χ0) is 17.5. The first-order valence-electron chi connectivity index (χ1n) is 7.75. The molecule has 0 N–H and O–H groups in total. The van der Waals surface area contributed by atoms with E-state index in [1.165, 1.54) is 7.11 Å². The van der Waals surface area contributed by atoms with Crippen molar-refractivity contribution in [3.8, 4) is 0 Å². The summed E-state index contributed by atoms with van der Waals surface area (Å²) in [5, 5.41) is -0.407. The second kappa shape index (κ2) is 6.38. The first-order chi connectivity index (χ1) is 11.3. The van der Waals surface area contributed by atoms with Gasteiger partial charge in [-0.2, -0.15) is 13.2 Å². The maximum atomic E-state index is 13.0. The maximum Gasteiger partial charge on any atom is 0.433 e. The van der Waals surface area contributed by atoms with Gasteiger partial charge in [0.2, 0.25) is 5.28 Å². The van der Waals surface area contributed by atoms with Gasteiger partial charge < -0.3 is 9.64 Å². The van der Waals surface area contributed by atoms with Crippen LogP contribution < -0.4 is 4.90 Å². The Bertz CT molecular complexity index is 627. The molecule has 2 saturated heterocycles. The Balaban J connectivity index is 1.82. The molecule has 0 radical (unpaired) electrons. The number of anilines is 1. The number of methoxy groups -OCH3 is 1. The summed E-state index contributed by atoms with van der Waals surface area (Å²) in [5.41, 5.74) is -1.03. The van der Waals surface area contributed by atoms with Crippen LogP contribution >= 0.6 is 11.6 Å². The second-order valence-electron chi connectivity index (χ2n) is 6.29. The number of aromatic nitrogens is 2. The summed E-state index contributed by atoms with van der Waals surface area (Å²) in [4.78, 5) is 20.7. The molecule has 2 atom stereocenters. The summed E-state index contributed by atoms with van der Waals surface area (Å²) < 4.78 is 43.6. The first-order valence-corrected chi connectivity index (χ1v) is 8.12. The lowest BCUT2D eigenvalue weighted by Crippen LogP contribution is -2.44. The fourth-order valence-corrected chi connectivity index (χ4v) is 4.01. The van der Waals surface area contributed by atoms with Gasteiger partial charge in [-0.15, -0.1) is 0 Å². The highest BCUT2D eigenvalue weighted by Crippen LogP contribution is 2.43. The second-order valence-corrected chi connectivity index (χ2v) is 6.63. The number of halogens is 4. The van der Waals surface area contributed by atoms with Crippen molar-refractivity contribution in [3.63, 3.8) is 0 Å². The van der Waals surface area contributed by atoms with Gasteiger partial charge >= 0.3 is 12.1 Å². The number of ether oxygens (including phenoxy) is 1. The number of esters is 1. The normalized spacial score (nSPS) is 26.5. The van der Waals surface area contributed by atoms with Crippen LogP contribution in [0.25, 0.3) is 0 Å². The van der Waals surface area contributed by atoms with Crippen molar-refractivity contribution < 1.29 is 22.7 Å². The van der Waals surface area contributed by atoms with E-state index in [1.807, 2.05) is 4.90 Å². The molecule has 9 heteroatoms. The van der Waals surface area contributed by atoms with Gasteiger partial charge in [-0.05, 0) is 43.2 Å². The lowest BCUT2D eigenvalue weighted by Gasteiger charge is -2.39. The van der Waals surface area contributed by atoms with E-state index in [2.05, 4.69) is 9.97 Å². The largest absolute Gasteiger partial charge is 0.469 e. The Kier molecular flexibility index (Phi) is 4.59. The quantitative estimate of drug-likeness (QED) is 0.608. The average molecular weight is 364 g/mol. The fraction of sp³-hybridized carbons (Fsp3) is 0.667. The number of fused-ring (bicyclic) bond motifs is 2. The van der Waals surface area contributed by atoms with Gasteiger partial charge in [0.25, 0.3) is 0 Å². The molecule has 2 aliphatic heterocycles. The number of carbonyl (C=O) groups is 1. The van der Waals surface area contributed by atoms with E-state index in [4.69, 9.17) is 16.3 Å². The van der Waals surface area contributed by atoms with Crippen LogP contribution in [-0.2, 0) is 15.7 Å². The molecule has 3 heterocycles. The minimum atomic E-state index is -4.57. The topological polar surface area (TPSA) is 55.3 Å². The molecule has 2 aliphatic rings. The summed E-state index contributed by atoms with van der Waals surface area (Å²) in [6.45, 7) is 0. The molecule has 1 aromatic rings. The van der Waals surface area contributed by atoms with Gasteiger partial charge in [-0.25, -0.2) is 9.97 Å². The van der Waals surface area contributed by atoms with Crippen molar-refractivity contribution in [1.82, 2.24) is 9.97 Å². The van der Waals surface area contributed by atoms with Crippen LogP contribution in [0.4, 0.5) is 19.0 Å². The molecule has 132 valence electrons. The van der Waals surface area contributed by atoms with Gasteiger partial charge in [0.1, 0.15) is 5.82 Å². The van der Waals surface area contributed by atoms with Crippen LogP contribution in [-0.4, -0.2) is 35.1 Å². The van der Waals surface area contributed by atoms with Gasteiger partial charge in [0.05, 0.1) is 7.11 Å². The van der Waals surface area contributed by atoms with Crippen LogP contribution in [0.15, 0.2) is 6.07 Å². The third kappa shape index (κ3) is 3.43. The summed E-state index contributed by atoms with van der Waals surface area (Å²) >= 11 is 5.70. The molecule has 3 rings (SSSR count). The monoisotopic (exact) mass is 363 g/mol. The lowest BCUT2D eigenvalue weighted by molar-refractivity contribution is -0.142. The third-order valence-electron chi connectivity index (χ3n) is 4.75. The molecule has 0 aromatic carbocycles. The van der Waals surface area contributed by atoms with Crippen molar-refractivity contribution in [2.45, 2.75) is 50.4 Å². The van der Waals surface area contributed by atoms with E-state index in [1.54, 1.807) is 0 Å². The summed E-state index contributed by atoms with van der Waals surface area (Å²) in [6, 6.07) is 1.08. The minimum Gasteiger partial charge on any atom is -0.469 e. The van der Waals surface area contributed by atoms with Crippen molar-refractivity contribution in [2.75, 3.05) is 12.0 Å². The number of hydrogen-bond acceptors (Lipinski definition) is 5. The molecule has 0 amide bonds. The summed E-state index contributed by atoms with van der Waals surface area (Å²) in [7, 11) is 1.35. The smallest absolute Gasteiger partial charge is 0.433 e. The van der Waals surface area contributed by atoms with Gasteiger partial charge in [0, 0.05) is 24.6 Å². The van der Waals surface area contributed by atoms with E-state index >= 15 is 0 Å². The number of hydrogen-bond donors (Lipinski definition) is 0. The number of alkyl halides is 3. The predicted molar refractivity (Wildman–Crippen MR) is 80.7 cm³/mol. The van der Waals surface area contributed by atoms with Gasteiger partial charge in [-0.3, -0.25) is 4.79 Å². The van der Waals surface area contributed by atoms with E-state index in [0.717, 1.165) is 31.7 Å². The van der Waals surface area contributed by atoms with Crippen LogP contribution in [0.3, 0.4) is 0 Å². The van der Waals surface area contributed by atoms with E-state index < -0.39 is 17.2 Å². The van der Waals surface area contributed by atoms with Crippen LogP contribution in [0.2, 0.25) is 5.28 Å². The molecule has 2 bridgehead atoms. The van der Waals surface area contributed by atoms with Crippen molar-refractivity contribution >= 4 is 23.4 Å². The van der Waals surface area contributed by atoms with Crippen molar-refractivity contribution in [2.24, 2.45) is 5.92 Å². The van der Waals surface area contributed by atoms with Crippen LogP contribution in [0.5, 0.6) is 0 Å². The number of carbonyl (C=O) groups excluding carboxylic acids is 1. The molecule has 0 saturated carbocycles. The van der Waals surface area contributed by atoms with Crippen molar-refractivity contribution in [1.29, 1.82) is 0 Å². The Labute approximate surface area is 142 Å². The molecule has 5 nitrogen and oxygen atoms in total. The number of piperidine rings is 1. The fourth-order valence-electron chi connectivity index (χ4n) is 3.83. The number of nitrogens with zero attached hydrogens (tertiary/aromatic N) is 3. The molecule has 2 unspecified atom stereocenters. The Hall–Kier alpha value is -1.57. The van der Waals surface area contributed by atoms with Crippen molar-refractivity contribution in [3.05, 3.63) is 17.0 Å². The van der Waals surface area contributed by atoms with Gasteiger partial charge in [-0.1, -0.05) is 0 Å². The lowest BCUT2D eigenvalue weighted by atomic mass is 9.88. The molecular weight excluding hydrogens is 347 g/mol. The molecule has 0 spiro atoms. The summed E-state index contributed by atoms with van der Waals surface area (Å²) in [6.07, 6.45) is -1.03. The highest BCUT2D eigenvalue weighted by Gasteiger charge is 2.43. The Morgan fingerprint density at radius 2 is 1.96 bits per heavy atom. The molecular formula is C15H17ClF3N3O2. The molecule has 2 fully saturated rings. The Morgan fingerprint density at radius 1 is 1.33 bits per heavy atom. The maximum absolute atomic E-state index is 13.0. The average Bonchev–Trinajstić information content (AvgIpc) is 2.77. The summed E-state index contributed by atoms with van der Waals surface area (Å²) in [5.74, 6) is 0.147. The molecule has 24 heavy (non-hydrogen) atoms. The van der Waals surface area contributed by atoms with E-state index in [9.17, 15) is 18.0 Å². The highest BCUT2D eigenvalue weighted by atomic mass is 35.5. The Morgan fingerprint density at radius 3 is 2.50 bits per heavy atom. The SMILES string of the molecule is COC(=O)CC1CC2CCC(C1)N2c1cc(C(F)(F)F)nc(Cl)n1. The van der Waals surface area contributed by atoms with Gasteiger partial charge in [0.15, 0.2) is 5.69 Å². The molecule has 1 aromatic heterocycles. The number of rotatable bonds is 3. The minimum absolute atomic E-state index is 0.0606.